The van der Waals surface area contributed by atoms with E-state index in [0.29, 0.717) is 19.0 Å². The maximum Gasteiger partial charge on any atom is 0.241 e. The summed E-state index contributed by atoms with van der Waals surface area (Å²) in [6.07, 6.45) is 3.44. The molecule has 1 amide bonds. The number of carbonyl (C=O) groups excluding carboxylic acids is 1. The Balaban J connectivity index is 1.47. The van der Waals surface area contributed by atoms with Gasteiger partial charge in [-0.1, -0.05) is 36.4 Å². The molecule has 2 heterocycles. The number of hydrogen-bond acceptors (Lipinski definition) is 5. The van der Waals surface area contributed by atoms with E-state index < -0.39 is 22.0 Å². The molecular formula is C21H22N4O4S. The van der Waals surface area contributed by atoms with Gasteiger partial charge < -0.3 is 14.6 Å². The second kappa shape index (κ2) is 8.39. The molecule has 1 aromatic heterocycles. The smallest absolute Gasteiger partial charge is 0.241 e. The summed E-state index contributed by atoms with van der Waals surface area (Å²) in [5.41, 5.74) is 2.68. The number of benzene rings is 2. The topological polar surface area (TPSA) is 102 Å². The molecular weight excluding hydrogens is 404 g/mol. The molecule has 2 aromatic carbocycles. The first-order valence-electron chi connectivity index (χ1n) is 9.45. The minimum atomic E-state index is -3.83. The molecule has 2 N–H and O–H groups in total. The van der Waals surface area contributed by atoms with Crippen LogP contribution in [0.1, 0.15) is 28.6 Å². The number of amides is 1. The van der Waals surface area contributed by atoms with Crippen LogP contribution >= 0.6 is 0 Å². The Kier molecular flexibility index (Phi) is 5.67. The van der Waals surface area contributed by atoms with Gasteiger partial charge >= 0.3 is 0 Å². The average molecular weight is 426 g/mol. The Labute approximate surface area is 175 Å². The predicted octanol–water partition coefficient (Wildman–Crippen LogP) is 1.63. The summed E-state index contributed by atoms with van der Waals surface area (Å²) >= 11 is 0. The van der Waals surface area contributed by atoms with Gasteiger partial charge in [0, 0.05) is 19.4 Å². The highest BCUT2D eigenvalue weighted by Crippen LogP contribution is 2.23. The Bertz CT molecular complexity index is 1160. The Morgan fingerprint density at radius 3 is 2.67 bits per heavy atom. The van der Waals surface area contributed by atoms with Crippen molar-refractivity contribution >= 4 is 15.9 Å². The van der Waals surface area contributed by atoms with Crippen molar-refractivity contribution in [1.29, 1.82) is 0 Å². The molecule has 8 nitrogen and oxygen atoms in total. The number of imidazole rings is 1. The van der Waals surface area contributed by atoms with Crippen LogP contribution in [0.15, 0.2) is 65.8 Å². The molecule has 1 aliphatic rings. The molecule has 0 aliphatic carbocycles. The Morgan fingerprint density at radius 1 is 1.17 bits per heavy atom. The van der Waals surface area contributed by atoms with E-state index in [2.05, 4.69) is 15.0 Å². The minimum absolute atomic E-state index is 0.114. The normalized spacial score (nSPS) is 14.3. The Hall–Kier alpha value is -3.01. The molecule has 0 saturated heterocycles. The van der Waals surface area contributed by atoms with Crippen LogP contribution in [-0.4, -0.2) is 30.4 Å². The number of carbonyl (C=O) groups is 1. The first-order chi connectivity index (χ1) is 14.4. The van der Waals surface area contributed by atoms with Crippen molar-refractivity contribution < 1.29 is 17.9 Å². The van der Waals surface area contributed by atoms with Crippen molar-refractivity contribution in [2.24, 2.45) is 7.05 Å². The molecule has 4 rings (SSSR count). The third-order valence-electron chi connectivity index (χ3n) is 4.98. The third-order valence-corrected chi connectivity index (χ3v) is 6.38. The lowest BCUT2D eigenvalue weighted by Gasteiger charge is -2.19. The molecule has 30 heavy (non-hydrogen) atoms. The lowest BCUT2D eigenvalue weighted by molar-refractivity contribution is -0.120. The molecule has 0 saturated carbocycles. The molecule has 0 radical (unpaired) electrons. The van der Waals surface area contributed by atoms with Crippen LogP contribution < -0.4 is 10.0 Å². The lowest BCUT2D eigenvalue weighted by atomic mass is 10.1. The highest BCUT2D eigenvalue weighted by Gasteiger charge is 2.23. The van der Waals surface area contributed by atoms with Gasteiger partial charge in [-0.15, -0.1) is 0 Å². The average Bonchev–Trinajstić information content (AvgIpc) is 3.39. The second-order valence-electron chi connectivity index (χ2n) is 7.06. The number of hydrogen-bond donors (Lipinski definition) is 2. The first kappa shape index (κ1) is 20.3. The van der Waals surface area contributed by atoms with E-state index in [1.165, 1.54) is 6.07 Å². The van der Waals surface area contributed by atoms with E-state index in [0.717, 1.165) is 16.7 Å². The van der Waals surface area contributed by atoms with Crippen LogP contribution in [-0.2, 0) is 39.8 Å². The molecule has 0 spiro atoms. The van der Waals surface area contributed by atoms with Gasteiger partial charge in [0.15, 0.2) is 0 Å². The molecule has 9 heteroatoms. The quantitative estimate of drug-likeness (QED) is 0.598. The van der Waals surface area contributed by atoms with Gasteiger partial charge in [-0.05, 0) is 28.8 Å². The van der Waals surface area contributed by atoms with Gasteiger partial charge in [0.25, 0.3) is 0 Å². The molecule has 1 atom stereocenters. The van der Waals surface area contributed by atoms with E-state index in [9.17, 15) is 13.2 Å². The zero-order valence-corrected chi connectivity index (χ0v) is 17.2. The lowest BCUT2D eigenvalue weighted by Crippen LogP contribution is -2.39. The fourth-order valence-electron chi connectivity index (χ4n) is 3.37. The highest BCUT2D eigenvalue weighted by molar-refractivity contribution is 7.89. The van der Waals surface area contributed by atoms with Gasteiger partial charge in [-0.3, -0.25) is 4.79 Å². The van der Waals surface area contributed by atoms with Gasteiger partial charge in [0.2, 0.25) is 15.9 Å². The van der Waals surface area contributed by atoms with E-state index >= 15 is 0 Å². The number of sulfonamides is 1. The SMILES string of the molecule is Cn1ccnc1[C@H](NC(=O)CNS(=O)(=O)c1ccc2c(c1)COC2)c1ccccc1. The maximum absolute atomic E-state index is 12.6. The zero-order chi connectivity index (χ0) is 21.1. The molecule has 3 aromatic rings. The number of rotatable bonds is 7. The molecule has 0 fully saturated rings. The largest absolute Gasteiger partial charge is 0.372 e. The fourth-order valence-corrected chi connectivity index (χ4v) is 4.40. The van der Waals surface area contributed by atoms with E-state index in [1.807, 2.05) is 41.9 Å². The van der Waals surface area contributed by atoms with Crippen LogP contribution in [0.3, 0.4) is 0 Å². The first-order valence-corrected chi connectivity index (χ1v) is 10.9. The number of fused-ring (bicyclic) bond motifs is 1. The highest BCUT2D eigenvalue weighted by atomic mass is 32.2. The van der Waals surface area contributed by atoms with Crippen LogP contribution in [0.2, 0.25) is 0 Å². The third kappa shape index (κ3) is 4.28. The number of nitrogens with one attached hydrogen (secondary N) is 2. The molecule has 0 bridgehead atoms. The Morgan fingerprint density at radius 2 is 1.93 bits per heavy atom. The van der Waals surface area contributed by atoms with Gasteiger partial charge in [0.1, 0.15) is 11.9 Å². The van der Waals surface area contributed by atoms with Crippen molar-refractivity contribution in [2.75, 3.05) is 6.54 Å². The van der Waals surface area contributed by atoms with Gasteiger partial charge in [0.05, 0.1) is 24.7 Å². The van der Waals surface area contributed by atoms with Crippen molar-refractivity contribution in [3.63, 3.8) is 0 Å². The number of aryl methyl sites for hydroxylation is 1. The van der Waals surface area contributed by atoms with E-state index in [-0.39, 0.29) is 11.4 Å². The number of aromatic nitrogens is 2. The van der Waals surface area contributed by atoms with Crippen molar-refractivity contribution in [1.82, 2.24) is 19.6 Å². The summed E-state index contributed by atoms with van der Waals surface area (Å²) in [7, 11) is -1.99. The number of nitrogens with zero attached hydrogens (tertiary/aromatic N) is 2. The molecule has 156 valence electrons. The number of ether oxygens (including phenoxy) is 1. The summed E-state index contributed by atoms with van der Waals surface area (Å²) in [4.78, 5) is 17.1. The maximum atomic E-state index is 12.6. The zero-order valence-electron chi connectivity index (χ0n) is 16.4. The predicted molar refractivity (Wildman–Crippen MR) is 110 cm³/mol. The van der Waals surface area contributed by atoms with Crippen LogP contribution in [0.5, 0.6) is 0 Å². The summed E-state index contributed by atoms with van der Waals surface area (Å²) < 4.78 is 34.8. The van der Waals surface area contributed by atoms with Gasteiger partial charge in [-0.2, -0.15) is 0 Å². The fraction of sp³-hybridized carbons (Fsp3) is 0.238. The van der Waals surface area contributed by atoms with E-state index in [1.54, 1.807) is 24.5 Å². The summed E-state index contributed by atoms with van der Waals surface area (Å²) in [5.74, 6) is 0.191. The monoisotopic (exact) mass is 426 g/mol. The minimum Gasteiger partial charge on any atom is -0.372 e. The van der Waals surface area contributed by atoms with E-state index in [4.69, 9.17) is 4.74 Å². The van der Waals surface area contributed by atoms with Gasteiger partial charge in [-0.25, -0.2) is 18.1 Å². The summed E-state index contributed by atoms with van der Waals surface area (Å²) in [5, 5.41) is 2.87. The van der Waals surface area contributed by atoms with Crippen LogP contribution in [0.4, 0.5) is 0 Å². The van der Waals surface area contributed by atoms with Crippen molar-refractivity contribution in [3.8, 4) is 0 Å². The standard InChI is InChI=1S/C21H22N4O4S/c1-25-10-9-22-21(25)20(15-5-3-2-4-6-15)24-19(26)12-23-30(27,28)18-8-7-16-13-29-14-17(16)11-18/h2-11,20,23H,12-14H2,1H3,(H,24,26)/t20-/m1/s1. The molecule has 0 unspecified atom stereocenters. The van der Waals surface area contributed by atoms with Crippen LogP contribution in [0.25, 0.3) is 0 Å². The van der Waals surface area contributed by atoms with Crippen molar-refractivity contribution in [2.45, 2.75) is 24.2 Å². The van der Waals surface area contributed by atoms with Crippen molar-refractivity contribution in [3.05, 3.63) is 83.4 Å². The van der Waals surface area contributed by atoms with Crippen LogP contribution in [0, 0.1) is 0 Å². The molecule has 1 aliphatic heterocycles. The second-order valence-corrected chi connectivity index (χ2v) is 8.82. The summed E-state index contributed by atoms with van der Waals surface area (Å²) in [6, 6.07) is 13.8. The summed E-state index contributed by atoms with van der Waals surface area (Å²) in [6.45, 7) is 0.491.